The van der Waals surface area contributed by atoms with Crippen LogP contribution >= 0.6 is 24.0 Å². The highest BCUT2D eigenvalue weighted by Gasteiger charge is 1.98. The summed E-state index contributed by atoms with van der Waals surface area (Å²) in [6.45, 7) is 1.17. The molecular formula is C11H20IN5O2S. The van der Waals surface area contributed by atoms with Gasteiger partial charge in [0, 0.05) is 31.4 Å². The first kappa shape index (κ1) is 19.1. The first-order valence-corrected chi connectivity index (χ1v) is 7.75. The van der Waals surface area contributed by atoms with E-state index in [2.05, 4.69) is 20.0 Å². The predicted octanol–water partition coefficient (Wildman–Crippen LogP) is -0.304. The number of sulfonamides is 1. The molecule has 1 heterocycles. The fraction of sp³-hybridized carbons (Fsp3) is 0.455. The third-order valence-corrected chi connectivity index (χ3v) is 2.90. The molecule has 0 aliphatic rings. The molecule has 0 aromatic carbocycles. The molecule has 0 spiro atoms. The van der Waals surface area contributed by atoms with Gasteiger partial charge in [0.05, 0.1) is 12.8 Å². The van der Waals surface area contributed by atoms with Crippen molar-refractivity contribution < 1.29 is 8.42 Å². The number of aliphatic imine (C=N–C) groups is 1. The van der Waals surface area contributed by atoms with Crippen molar-refractivity contribution >= 4 is 40.0 Å². The molecule has 20 heavy (non-hydrogen) atoms. The Bertz CT molecular complexity index is 507. The lowest BCUT2D eigenvalue weighted by Crippen LogP contribution is -2.34. The number of aromatic nitrogens is 1. The van der Waals surface area contributed by atoms with E-state index in [1.165, 1.54) is 0 Å². The zero-order chi connectivity index (χ0) is 14.1. The molecule has 0 saturated heterocycles. The van der Waals surface area contributed by atoms with Crippen LogP contribution in [-0.4, -0.2) is 45.3 Å². The van der Waals surface area contributed by atoms with Gasteiger partial charge < -0.3 is 11.1 Å². The van der Waals surface area contributed by atoms with Crippen molar-refractivity contribution in [2.45, 2.75) is 6.42 Å². The molecule has 0 aliphatic heterocycles. The van der Waals surface area contributed by atoms with Crippen LogP contribution in [0.3, 0.4) is 0 Å². The van der Waals surface area contributed by atoms with Gasteiger partial charge in [-0.15, -0.1) is 24.0 Å². The zero-order valence-electron chi connectivity index (χ0n) is 11.2. The van der Waals surface area contributed by atoms with Gasteiger partial charge in [0.1, 0.15) is 0 Å². The minimum atomic E-state index is -3.16. The number of hydrogen-bond acceptors (Lipinski definition) is 4. The van der Waals surface area contributed by atoms with Gasteiger partial charge >= 0.3 is 0 Å². The van der Waals surface area contributed by atoms with Crippen LogP contribution < -0.4 is 15.8 Å². The van der Waals surface area contributed by atoms with Crippen molar-refractivity contribution in [2.75, 3.05) is 25.9 Å². The number of nitrogens with two attached hydrogens (primary N) is 1. The molecule has 1 aromatic heterocycles. The maximum absolute atomic E-state index is 10.8. The number of halogens is 1. The first-order valence-electron chi connectivity index (χ1n) is 5.86. The summed E-state index contributed by atoms with van der Waals surface area (Å²) in [4.78, 5) is 8.18. The van der Waals surface area contributed by atoms with Crippen molar-refractivity contribution in [1.29, 1.82) is 0 Å². The van der Waals surface area contributed by atoms with Crippen molar-refractivity contribution in [3.05, 3.63) is 30.1 Å². The van der Waals surface area contributed by atoms with Crippen LogP contribution in [0.1, 0.15) is 5.69 Å². The van der Waals surface area contributed by atoms with Crippen LogP contribution in [0.25, 0.3) is 0 Å². The predicted molar refractivity (Wildman–Crippen MR) is 90.7 cm³/mol. The minimum Gasteiger partial charge on any atom is -0.370 e. The summed E-state index contributed by atoms with van der Waals surface area (Å²) in [5, 5.41) is 2.94. The standard InChI is InChI=1S/C11H19N5O2S.HI/c1-19(17,18)16-9-8-15-11(12)14-7-5-10-4-2-3-6-13-10;/h2-4,6,16H,5,7-9H2,1H3,(H3,12,14,15);1H. The molecule has 0 atom stereocenters. The Morgan fingerprint density at radius 1 is 1.40 bits per heavy atom. The van der Waals surface area contributed by atoms with E-state index in [9.17, 15) is 8.42 Å². The van der Waals surface area contributed by atoms with Gasteiger partial charge in [0.25, 0.3) is 0 Å². The highest BCUT2D eigenvalue weighted by Crippen LogP contribution is 1.92. The lowest BCUT2D eigenvalue weighted by molar-refractivity contribution is 0.588. The summed E-state index contributed by atoms with van der Waals surface area (Å²) in [6, 6.07) is 5.73. The molecule has 0 amide bonds. The molecule has 0 unspecified atom stereocenters. The molecule has 0 fully saturated rings. The van der Waals surface area contributed by atoms with Crippen LogP contribution in [-0.2, 0) is 16.4 Å². The van der Waals surface area contributed by atoms with Crippen molar-refractivity contribution in [2.24, 2.45) is 10.7 Å². The maximum Gasteiger partial charge on any atom is 0.208 e. The fourth-order valence-electron chi connectivity index (χ4n) is 1.33. The van der Waals surface area contributed by atoms with E-state index in [0.717, 1.165) is 18.4 Å². The average Bonchev–Trinajstić information content (AvgIpc) is 2.35. The van der Waals surface area contributed by atoms with Crippen LogP contribution in [0, 0.1) is 0 Å². The van der Waals surface area contributed by atoms with Crippen molar-refractivity contribution in [1.82, 2.24) is 15.0 Å². The number of nitrogens with zero attached hydrogens (tertiary/aromatic N) is 2. The molecule has 0 radical (unpaired) electrons. The summed E-state index contributed by atoms with van der Waals surface area (Å²) in [6.07, 6.45) is 3.59. The van der Waals surface area contributed by atoms with Gasteiger partial charge in [-0.1, -0.05) is 6.07 Å². The van der Waals surface area contributed by atoms with Crippen LogP contribution in [0.5, 0.6) is 0 Å². The summed E-state index contributed by atoms with van der Waals surface area (Å²) in [7, 11) is -3.16. The summed E-state index contributed by atoms with van der Waals surface area (Å²) < 4.78 is 23.9. The molecule has 0 saturated carbocycles. The summed E-state index contributed by atoms with van der Waals surface area (Å²) in [5.74, 6) is 0.297. The highest BCUT2D eigenvalue weighted by atomic mass is 127. The van der Waals surface area contributed by atoms with Crippen LogP contribution in [0.15, 0.2) is 29.4 Å². The Balaban J connectivity index is 0.00000361. The molecule has 9 heteroatoms. The lowest BCUT2D eigenvalue weighted by Gasteiger charge is -2.05. The van der Waals surface area contributed by atoms with E-state index in [0.29, 0.717) is 19.0 Å². The van der Waals surface area contributed by atoms with Crippen molar-refractivity contribution in [3.63, 3.8) is 0 Å². The van der Waals surface area contributed by atoms with Gasteiger partial charge in [0.2, 0.25) is 10.0 Å². The quantitative estimate of drug-likeness (QED) is 0.246. The molecule has 4 N–H and O–H groups in total. The zero-order valence-corrected chi connectivity index (χ0v) is 14.4. The largest absolute Gasteiger partial charge is 0.370 e. The third kappa shape index (κ3) is 9.92. The summed E-state index contributed by atoms with van der Waals surface area (Å²) >= 11 is 0. The number of guanidine groups is 1. The average molecular weight is 413 g/mol. The Morgan fingerprint density at radius 3 is 2.75 bits per heavy atom. The molecule has 114 valence electrons. The van der Waals surface area contributed by atoms with Crippen LogP contribution in [0.2, 0.25) is 0 Å². The van der Waals surface area contributed by atoms with Gasteiger partial charge in [-0.05, 0) is 12.1 Å². The van der Waals surface area contributed by atoms with Gasteiger partial charge in [0.15, 0.2) is 5.96 Å². The molecular weight excluding hydrogens is 393 g/mol. The Kier molecular flexibility index (Phi) is 9.42. The highest BCUT2D eigenvalue weighted by molar-refractivity contribution is 14.0. The van der Waals surface area contributed by atoms with E-state index in [1.54, 1.807) is 6.20 Å². The number of nitrogens with one attached hydrogen (secondary N) is 2. The first-order chi connectivity index (χ1) is 8.97. The minimum absolute atomic E-state index is 0. The maximum atomic E-state index is 10.8. The normalized spacial score (nSPS) is 11.8. The van der Waals surface area contributed by atoms with E-state index < -0.39 is 10.0 Å². The number of rotatable bonds is 7. The molecule has 0 aliphatic carbocycles. The second-order valence-corrected chi connectivity index (χ2v) is 5.76. The topological polar surface area (TPSA) is 109 Å². The van der Waals surface area contributed by atoms with E-state index in [-0.39, 0.29) is 30.5 Å². The van der Waals surface area contributed by atoms with Crippen molar-refractivity contribution in [3.8, 4) is 0 Å². The van der Waals surface area contributed by atoms with Gasteiger partial charge in [-0.3, -0.25) is 9.98 Å². The van der Waals surface area contributed by atoms with E-state index in [4.69, 9.17) is 5.73 Å². The van der Waals surface area contributed by atoms with Crippen LogP contribution in [0.4, 0.5) is 0 Å². The summed E-state index contributed by atoms with van der Waals surface area (Å²) in [5.41, 5.74) is 6.60. The van der Waals surface area contributed by atoms with Gasteiger partial charge in [-0.2, -0.15) is 0 Å². The number of hydrogen-bond donors (Lipinski definition) is 3. The van der Waals surface area contributed by atoms with Gasteiger partial charge in [-0.25, -0.2) is 13.1 Å². The number of pyridine rings is 1. The second-order valence-electron chi connectivity index (χ2n) is 3.93. The Morgan fingerprint density at radius 2 is 2.15 bits per heavy atom. The fourth-order valence-corrected chi connectivity index (χ4v) is 1.79. The van der Waals surface area contributed by atoms with E-state index >= 15 is 0 Å². The molecule has 0 bridgehead atoms. The van der Waals surface area contributed by atoms with E-state index in [1.807, 2.05) is 18.2 Å². The Labute approximate surface area is 136 Å². The molecule has 1 rings (SSSR count). The Hall–Kier alpha value is -0.940. The molecule has 1 aromatic rings. The third-order valence-electron chi connectivity index (χ3n) is 2.17. The lowest BCUT2D eigenvalue weighted by atomic mass is 10.3. The monoisotopic (exact) mass is 413 g/mol. The second kappa shape index (κ2) is 9.88. The smallest absolute Gasteiger partial charge is 0.208 e. The molecule has 7 nitrogen and oxygen atoms in total. The SMILES string of the molecule is CS(=O)(=O)NCCN=C(N)NCCc1ccccn1.I.